The fourth-order valence-corrected chi connectivity index (χ4v) is 2.90. The van der Waals surface area contributed by atoms with E-state index in [1.807, 2.05) is 66.9 Å². The first-order chi connectivity index (χ1) is 16.9. The molecule has 0 fully saturated rings. The Morgan fingerprint density at radius 1 is 1.03 bits per heavy atom. The van der Waals surface area contributed by atoms with Crippen molar-refractivity contribution in [3.8, 4) is 22.7 Å². The lowest BCUT2D eigenvalue weighted by atomic mass is 10.1. The van der Waals surface area contributed by atoms with Crippen LogP contribution >= 0.6 is 0 Å². The summed E-state index contributed by atoms with van der Waals surface area (Å²) in [7, 11) is 0. The maximum Gasteiger partial charge on any atom is 0.300 e. The van der Waals surface area contributed by atoms with Crippen molar-refractivity contribution in [1.29, 1.82) is 0 Å². The van der Waals surface area contributed by atoms with E-state index in [4.69, 9.17) is 14.6 Å². The van der Waals surface area contributed by atoms with Gasteiger partial charge in [-0.3, -0.25) is 9.59 Å². The van der Waals surface area contributed by atoms with E-state index >= 15 is 0 Å². The Bertz CT molecular complexity index is 1270. The van der Waals surface area contributed by atoms with Crippen molar-refractivity contribution in [2.45, 2.75) is 6.92 Å². The Labute approximate surface area is 201 Å². The molecule has 8 nitrogen and oxygen atoms in total. The quantitative estimate of drug-likeness (QED) is 0.307. The van der Waals surface area contributed by atoms with Crippen molar-refractivity contribution < 1.29 is 23.8 Å². The van der Waals surface area contributed by atoms with E-state index in [9.17, 15) is 9.18 Å². The molecule has 1 amide bonds. The molecular formula is C26H23FN4O4. The summed E-state index contributed by atoms with van der Waals surface area (Å²) >= 11 is 0. The number of ether oxygens (including phenoxy) is 1. The van der Waals surface area contributed by atoms with Crippen LogP contribution < -0.4 is 10.2 Å². The molecule has 0 aliphatic carbocycles. The van der Waals surface area contributed by atoms with Gasteiger partial charge in [0.25, 0.3) is 11.9 Å². The third-order valence-corrected chi connectivity index (χ3v) is 4.39. The second-order valence-corrected chi connectivity index (χ2v) is 7.13. The molecule has 0 saturated heterocycles. The van der Waals surface area contributed by atoms with Crippen LogP contribution in [0.2, 0.25) is 0 Å². The van der Waals surface area contributed by atoms with Crippen LogP contribution in [0.25, 0.3) is 16.9 Å². The topological polar surface area (TPSA) is 106 Å². The first kappa shape index (κ1) is 24.8. The van der Waals surface area contributed by atoms with Crippen LogP contribution in [0.4, 0.5) is 4.39 Å². The number of para-hydroxylation sites is 1. The summed E-state index contributed by atoms with van der Waals surface area (Å²) in [4.78, 5) is 21.0. The first-order valence-electron chi connectivity index (χ1n) is 10.5. The smallest absolute Gasteiger partial charge is 0.300 e. The first-order valence-corrected chi connectivity index (χ1v) is 10.5. The molecule has 35 heavy (non-hydrogen) atoms. The van der Waals surface area contributed by atoms with Gasteiger partial charge in [-0.2, -0.15) is 10.2 Å². The van der Waals surface area contributed by atoms with Gasteiger partial charge in [-0.1, -0.05) is 48.5 Å². The zero-order valence-corrected chi connectivity index (χ0v) is 18.8. The van der Waals surface area contributed by atoms with Crippen LogP contribution in [-0.4, -0.2) is 39.6 Å². The molecule has 0 saturated carbocycles. The molecule has 3 aromatic carbocycles. The molecule has 178 valence electrons. The zero-order chi connectivity index (χ0) is 25.0. The van der Waals surface area contributed by atoms with Gasteiger partial charge in [0.05, 0.1) is 11.9 Å². The van der Waals surface area contributed by atoms with Gasteiger partial charge in [-0.15, -0.1) is 0 Å². The Hall–Kier alpha value is -4.79. The maximum atomic E-state index is 12.9. The molecular weight excluding hydrogens is 451 g/mol. The van der Waals surface area contributed by atoms with E-state index in [1.165, 1.54) is 24.3 Å². The fraction of sp³-hybridized carbons (Fsp3) is 0.0769. The number of carboxylic acids is 1. The average Bonchev–Trinajstić information content (AvgIpc) is 3.29. The molecule has 0 unspecified atom stereocenters. The summed E-state index contributed by atoms with van der Waals surface area (Å²) in [5.74, 6) is -1.24. The number of nitrogens with zero attached hydrogens (tertiary/aromatic N) is 3. The van der Waals surface area contributed by atoms with Gasteiger partial charge in [0.1, 0.15) is 17.3 Å². The second-order valence-electron chi connectivity index (χ2n) is 7.13. The van der Waals surface area contributed by atoms with E-state index < -0.39 is 11.9 Å². The van der Waals surface area contributed by atoms with Crippen molar-refractivity contribution in [2.75, 3.05) is 6.61 Å². The van der Waals surface area contributed by atoms with Crippen molar-refractivity contribution in [3.05, 3.63) is 103 Å². The van der Waals surface area contributed by atoms with Crippen LogP contribution in [0.1, 0.15) is 12.5 Å². The summed E-state index contributed by atoms with van der Waals surface area (Å²) in [6.07, 6.45) is 3.40. The van der Waals surface area contributed by atoms with Crippen LogP contribution in [0.15, 0.2) is 96.2 Å². The summed E-state index contributed by atoms with van der Waals surface area (Å²) in [6, 6.07) is 24.9. The number of benzene rings is 3. The van der Waals surface area contributed by atoms with Gasteiger partial charge >= 0.3 is 0 Å². The summed E-state index contributed by atoms with van der Waals surface area (Å²) < 4.78 is 20.0. The lowest BCUT2D eigenvalue weighted by Crippen LogP contribution is -2.24. The molecule has 4 rings (SSSR count). The van der Waals surface area contributed by atoms with Crippen molar-refractivity contribution >= 4 is 18.1 Å². The van der Waals surface area contributed by atoms with Crippen LogP contribution in [0.3, 0.4) is 0 Å². The lowest BCUT2D eigenvalue weighted by molar-refractivity contribution is -0.134. The molecule has 0 spiro atoms. The third-order valence-electron chi connectivity index (χ3n) is 4.39. The highest BCUT2D eigenvalue weighted by Gasteiger charge is 2.11. The maximum absolute atomic E-state index is 12.9. The second kappa shape index (κ2) is 12.4. The van der Waals surface area contributed by atoms with Gasteiger partial charge in [0.15, 0.2) is 6.61 Å². The number of halogens is 1. The molecule has 1 heterocycles. The minimum absolute atomic E-state index is 0.238. The number of nitrogens with one attached hydrogen (secondary N) is 1. The predicted octanol–water partition coefficient (Wildman–Crippen LogP) is 4.30. The zero-order valence-electron chi connectivity index (χ0n) is 18.8. The normalized spacial score (nSPS) is 10.3. The molecule has 1 aromatic heterocycles. The summed E-state index contributed by atoms with van der Waals surface area (Å²) in [5, 5.41) is 16.1. The van der Waals surface area contributed by atoms with Crippen LogP contribution in [-0.2, 0) is 9.59 Å². The molecule has 4 aromatic rings. The van der Waals surface area contributed by atoms with Crippen molar-refractivity contribution in [1.82, 2.24) is 15.2 Å². The van der Waals surface area contributed by atoms with Crippen molar-refractivity contribution in [2.24, 2.45) is 5.10 Å². The highest BCUT2D eigenvalue weighted by atomic mass is 19.1. The molecule has 0 radical (unpaired) electrons. The number of carboxylic acid groups (broad SMARTS) is 1. The highest BCUT2D eigenvalue weighted by molar-refractivity contribution is 5.89. The van der Waals surface area contributed by atoms with Gasteiger partial charge in [-0.25, -0.2) is 14.5 Å². The Morgan fingerprint density at radius 2 is 1.63 bits per heavy atom. The van der Waals surface area contributed by atoms with E-state index in [0.717, 1.165) is 29.4 Å². The highest BCUT2D eigenvalue weighted by Crippen LogP contribution is 2.22. The van der Waals surface area contributed by atoms with Crippen LogP contribution in [0.5, 0.6) is 5.75 Å². The summed E-state index contributed by atoms with van der Waals surface area (Å²) in [6.45, 7) is 0.845. The number of hydrazone groups is 1. The number of carbonyl (C=O) groups is 2. The monoisotopic (exact) mass is 474 g/mol. The predicted molar refractivity (Wildman–Crippen MR) is 130 cm³/mol. The van der Waals surface area contributed by atoms with Gasteiger partial charge in [-0.05, 0) is 36.4 Å². The Kier molecular flexibility index (Phi) is 8.84. The standard InChI is InChI=1S/C24H19FN4O2.C2H4O2/c25-20-11-13-22(14-12-20)31-17-23(30)27-26-15-19-16-29(21-9-5-2-6-10-21)28-24(19)18-7-3-1-4-8-18;1-2(3)4/h1-16H,17H2,(H,27,30);1H3,(H,3,4). The van der Waals surface area contributed by atoms with Gasteiger partial charge < -0.3 is 9.84 Å². The molecule has 0 aliphatic heterocycles. The number of carbonyl (C=O) groups excluding carboxylic acids is 1. The Morgan fingerprint density at radius 3 is 2.26 bits per heavy atom. The molecule has 2 N–H and O–H groups in total. The summed E-state index contributed by atoms with van der Waals surface area (Å²) in [5.41, 5.74) is 5.77. The average molecular weight is 474 g/mol. The van der Waals surface area contributed by atoms with E-state index in [-0.39, 0.29) is 12.4 Å². The number of aliphatic carboxylic acids is 1. The third kappa shape index (κ3) is 7.93. The fourth-order valence-electron chi connectivity index (χ4n) is 2.90. The number of hydrogen-bond acceptors (Lipinski definition) is 5. The number of rotatable bonds is 7. The molecule has 0 aliphatic rings. The molecule has 0 bridgehead atoms. The largest absolute Gasteiger partial charge is 0.484 e. The van der Waals surface area contributed by atoms with E-state index in [2.05, 4.69) is 15.6 Å². The molecule has 0 atom stereocenters. The van der Waals surface area contributed by atoms with Gasteiger partial charge in [0, 0.05) is 24.2 Å². The molecule has 9 heteroatoms. The minimum atomic E-state index is -0.833. The van der Waals surface area contributed by atoms with Crippen LogP contribution in [0, 0.1) is 5.82 Å². The van der Waals surface area contributed by atoms with Gasteiger partial charge in [0.2, 0.25) is 0 Å². The lowest BCUT2D eigenvalue weighted by Gasteiger charge is -2.04. The van der Waals surface area contributed by atoms with E-state index in [1.54, 1.807) is 10.9 Å². The number of aromatic nitrogens is 2. The number of amides is 1. The van der Waals surface area contributed by atoms with Crippen molar-refractivity contribution in [3.63, 3.8) is 0 Å². The minimum Gasteiger partial charge on any atom is -0.484 e. The Balaban J connectivity index is 0.000000795. The number of hydrogen-bond donors (Lipinski definition) is 2. The van der Waals surface area contributed by atoms with E-state index in [0.29, 0.717) is 5.75 Å². The SMILES string of the molecule is CC(=O)O.O=C(COc1ccc(F)cc1)NN=Cc1cn(-c2ccccc2)nc1-c1ccccc1.